The maximum absolute atomic E-state index is 11.9. The average Bonchev–Trinajstić information content (AvgIpc) is 2.68. The SMILES string of the molecule is O=C(CN1CCCCCC1)NCCN1CCOCC1. The number of carbonyl (C=O) groups is 1. The van der Waals surface area contributed by atoms with Gasteiger partial charge in [0, 0.05) is 26.2 Å². The third-order valence-electron chi connectivity index (χ3n) is 3.92. The van der Waals surface area contributed by atoms with Crippen molar-refractivity contribution in [1.29, 1.82) is 0 Å². The molecule has 19 heavy (non-hydrogen) atoms. The van der Waals surface area contributed by atoms with Crippen LogP contribution < -0.4 is 5.32 Å². The molecule has 1 N–H and O–H groups in total. The van der Waals surface area contributed by atoms with Crippen LogP contribution in [0.5, 0.6) is 0 Å². The van der Waals surface area contributed by atoms with E-state index in [4.69, 9.17) is 4.74 Å². The van der Waals surface area contributed by atoms with E-state index in [9.17, 15) is 4.79 Å². The molecule has 5 heteroatoms. The van der Waals surface area contributed by atoms with Crippen molar-refractivity contribution in [3.63, 3.8) is 0 Å². The molecule has 0 aromatic rings. The summed E-state index contributed by atoms with van der Waals surface area (Å²) in [6.07, 6.45) is 5.10. The Balaban J connectivity index is 1.55. The fourth-order valence-corrected chi connectivity index (χ4v) is 2.73. The molecule has 0 aromatic heterocycles. The van der Waals surface area contributed by atoms with Crippen molar-refractivity contribution in [2.75, 3.05) is 59.0 Å². The van der Waals surface area contributed by atoms with Gasteiger partial charge in [0.15, 0.2) is 0 Å². The molecule has 0 saturated carbocycles. The second-order valence-electron chi connectivity index (χ2n) is 5.49. The molecule has 5 nitrogen and oxygen atoms in total. The van der Waals surface area contributed by atoms with Gasteiger partial charge in [-0.3, -0.25) is 14.6 Å². The van der Waals surface area contributed by atoms with Gasteiger partial charge in [-0.25, -0.2) is 0 Å². The van der Waals surface area contributed by atoms with Crippen molar-refractivity contribution < 1.29 is 9.53 Å². The van der Waals surface area contributed by atoms with Gasteiger partial charge in [-0.1, -0.05) is 12.8 Å². The van der Waals surface area contributed by atoms with Gasteiger partial charge in [-0.15, -0.1) is 0 Å². The summed E-state index contributed by atoms with van der Waals surface area (Å²) in [5.74, 6) is 0.176. The summed E-state index contributed by atoms with van der Waals surface area (Å²) in [7, 11) is 0. The lowest BCUT2D eigenvalue weighted by molar-refractivity contribution is -0.122. The maximum Gasteiger partial charge on any atom is 0.234 e. The highest BCUT2D eigenvalue weighted by Crippen LogP contribution is 2.08. The topological polar surface area (TPSA) is 44.8 Å². The van der Waals surface area contributed by atoms with Crippen molar-refractivity contribution >= 4 is 5.91 Å². The fraction of sp³-hybridized carbons (Fsp3) is 0.929. The number of likely N-dealkylation sites (tertiary alicyclic amines) is 1. The number of nitrogens with zero attached hydrogens (tertiary/aromatic N) is 2. The minimum Gasteiger partial charge on any atom is -0.379 e. The highest BCUT2D eigenvalue weighted by Gasteiger charge is 2.13. The zero-order chi connectivity index (χ0) is 13.3. The number of ether oxygens (including phenoxy) is 1. The molecular formula is C14H27N3O2. The molecule has 0 radical (unpaired) electrons. The van der Waals surface area contributed by atoms with Crippen LogP contribution in [-0.4, -0.2) is 74.7 Å². The Hall–Kier alpha value is -0.650. The molecular weight excluding hydrogens is 242 g/mol. The monoisotopic (exact) mass is 269 g/mol. The number of hydrogen-bond donors (Lipinski definition) is 1. The highest BCUT2D eigenvalue weighted by molar-refractivity contribution is 5.77. The molecule has 2 saturated heterocycles. The predicted molar refractivity (Wildman–Crippen MR) is 75.2 cm³/mol. The molecule has 2 fully saturated rings. The van der Waals surface area contributed by atoms with E-state index in [2.05, 4.69) is 15.1 Å². The lowest BCUT2D eigenvalue weighted by Crippen LogP contribution is -2.43. The van der Waals surface area contributed by atoms with E-state index in [-0.39, 0.29) is 5.91 Å². The molecule has 0 aromatic carbocycles. The highest BCUT2D eigenvalue weighted by atomic mass is 16.5. The molecule has 110 valence electrons. The van der Waals surface area contributed by atoms with E-state index in [1.165, 1.54) is 25.7 Å². The van der Waals surface area contributed by atoms with E-state index in [0.29, 0.717) is 6.54 Å². The minimum atomic E-state index is 0.176. The first-order chi connectivity index (χ1) is 9.34. The van der Waals surface area contributed by atoms with Gasteiger partial charge < -0.3 is 10.1 Å². The van der Waals surface area contributed by atoms with Gasteiger partial charge in [0.1, 0.15) is 0 Å². The summed E-state index contributed by atoms with van der Waals surface area (Å²) < 4.78 is 5.30. The minimum absolute atomic E-state index is 0.176. The summed E-state index contributed by atoms with van der Waals surface area (Å²) in [5, 5.41) is 3.03. The number of morpholine rings is 1. The molecule has 2 rings (SSSR count). The molecule has 2 aliphatic heterocycles. The van der Waals surface area contributed by atoms with Gasteiger partial charge in [0.25, 0.3) is 0 Å². The fourth-order valence-electron chi connectivity index (χ4n) is 2.73. The standard InChI is InChI=1S/C14H27N3O2/c18-14(13-17-6-3-1-2-4-7-17)15-5-8-16-9-11-19-12-10-16/h1-13H2,(H,15,18). The second kappa shape index (κ2) is 8.51. The molecule has 2 heterocycles. The van der Waals surface area contributed by atoms with Crippen molar-refractivity contribution in [1.82, 2.24) is 15.1 Å². The smallest absolute Gasteiger partial charge is 0.234 e. The number of amides is 1. The summed E-state index contributed by atoms with van der Waals surface area (Å²) >= 11 is 0. The van der Waals surface area contributed by atoms with E-state index in [1.54, 1.807) is 0 Å². The average molecular weight is 269 g/mol. The Morgan fingerprint density at radius 1 is 0.947 bits per heavy atom. The second-order valence-corrected chi connectivity index (χ2v) is 5.49. The van der Waals surface area contributed by atoms with Gasteiger partial charge in [0.05, 0.1) is 19.8 Å². The first kappa shape index (κ1) is 14.8. The van der Waals surface area contributed by atoms with Crippen LogP contribution >= 0.6 is 0 Å². The lowest BCUT2D eigenvalue weighted by Gasteiger charge is -2.26. The normalized spacial score (nSPS) is 22.9. The van der Waals surface area contributed by atoms with Crippen LogP contribution in [0.4, 0.5) is 0 Å². The van der Waals surface area contributed by atoms with Crippen LogP contribution in [0.3, 0.4) is 0 Å². The molecule has 0 bridgehead atoms. The summed E-state index contributed by atoms with van der Waals surface area (Å²) in [6, 6.07) is 0. The number of nitrogens with one attached hydrogen (secondary N) is 1. The molecule has 0 aliphatic carbocycles. The largest absolute Gasteiger partial charge is 0.379 e. The number of carbonyl (C=O) groups excluding carboxylic acids is 1. The summed E-state index contributed by atoms with van der Waals surface area (Å²) in [5.41, 5.74) is 0. The van der Waals surface area contributed by atoms with Crippen LogP contribution in [0.1, 0.15) is 25.7 Å². The quantitative estimate of drug-likeness (QED) is 0.780. The van der Waals surface area contributed by atoms with Crippen LogP contribution in [-0.2, 0) is 9.53 Å². The van der Waals surface area contributed by atoms with Gasteiger partial charge in [-0.05, 0) is 25.9 Å². The van der Waals surface area contributed by atoms with Crippen molar-refractivity contribution in [2.24, 2.45) is 0 Å². The van der Waals surface area contributed by atoms with Gasteiger partial charge in [0.2, 0.25) is 5.91 Å². The first-order valence-corrected chi connectivity index (χ1v) is 7.64. The molecule has 0 atom stereocenters. The number of hydrogen-bond acceptors (Lipinski definition) is 4. The van der Waals surface area contributed by atoms with Crippen LogP contribution in [0.2, 0.25) is 0 Å². The van der Waals surface area contributed by atoms with Gasteiger partial charge >= 0.3 is 0 Å². The number of rotatable bonds is 5. The van der Waals surface area contributed by atoms with Crippen molar-refractivity contribution in [3.05, 3.63) is 0 Å². The maximum atomic E-state index is 11.9. The third-order valence-corrected chi connectivity index (χ3v) is 3.92. The molecule has 2 aliphatic rings. The van der Waals surface area contributed by atoms with E-state index >= 15 is 0 Å². The molecule has 0 spiro atoms. The molecule has 0 unspecified atom stereocenters. The zero-order valence-electron chi connectivity index (χ0n) is 11.9. The zero-order valence-corrected chi connectivity index (χ0v) is 11.9. The first-order valence-electron chi connectivity index (χ1n) is 7.64. The van der Waals surface area contributed by atoms with Crippen LogP contribution in [0, 0.1) is 0 Å². The Bertz CT molecular complexity index is 259. The Labute approximate surface area is 116 Å². The van der Waals surface area contributed by atoms with Crippen molar-refractivity contribution in [2.45, 2.75) is 25.7 Å². The van der Waals surface area contributed by atoms with E-state index < -0.39 is 0 Å². The Morgan fingerprint density at radius 2 is 1.63 bits per heavy atom. The Kier molecular flexibility index (Phi) is 6.61. The van der Waals surface area contributed by atoms with E-state index in [0.717, 1.165) is 52.5 Å². The summed E-state index contributed by atoms with van der Waals surface area (Å²) in [6.45, 7) is 8.05. The van der Waals surface area contributed by atoms with Crippen LogP contribution in [0.15, 0.2) is 0 Å². The van der Waals surface area contributed by atoms with E-state index in [1.807, 2.05) is 0 Å². The summed E-state index contributed by atoms with van der Waals surface area (Å²) in [4.78, 5) is 16.5. The predicted octanol–water partition coefficient (Wildman–Crippen LogP) is 0.311. The molecule has 1 amide bonds. The van der Waals surface area contributed by atoms with Gasteiger partial charge in [-0.2, -0.15) is 0 Å². The lowest BCUT2D eigenvalue weighted by atomic mass is 10.2. The van der Waals surface area contributed by atoms with Crippen molar-refractivity contribution in [3.8, 4) is 0 Å². The van der Waals surface area contributed by atoms with Crippen LogP contribution in [0.25, 0.3) is 0 Å². The third kappa shape index (κ3) is 5.89. The Morgan fingerprint density at radius 3 is 2.32 bits per heavy atom.